The van der Waals surface area contributed by atoms with Crippen LogP contribution in [0.25, 0.3) is 0 Å². The van der Waals surface area contributed by atoms with Crippen molar-refractivity contribution in [3.8, 4) is 0 Å². The van der Waals surface area contributed by atoms with E-state index in [1.807, 2.05) is 13.8 Å². The summed E-state index contributed by atoms with van der Waals surface area (Å²) in [7, 11) is 2.83. The molecule has 0 aromatic carbocycles. The molecule has 1 N–H and O–H groups in total. The normalized spacial score (nSPS) is 12.2. The molecule has 0 fully saturated rings. The Morgan fingerprint density at radius 2 is 1.80 bits per heavy atom. The minimum Gasteiger partial charge on any atom is -0.726 e. The van der Waals surface area contributed by atoms with Crippen LogP contribution in [0, 0.1) is 0 Å². The fourth-order valence-corrected chi connectivity index (χ4v) is 1.06. The lowest BCUT2D eigenvalue weighted by atomic mass is 10.00. The molecule has 0 bridgehead atoms. The lowest BCUT2D eigenvalue weighted by Gasteiger charge is -2.31. The minimum atomic E-state index is -4.41. The lowest BCUT2D eigenvalue weighted by Crippen LogP contribution is -2.47. The number of rotatable bonds is 6. The van der Waals surface area contributed by atoms with E-state index < -0.39 is 10.4 Å². The molecule has 0 heterocycles. The van der Waals surface area contributed by atoms with E-state index in [-0.39, 0.29) is 11.4 Å². The second-order valence-electron chi connectivity index (χ2n) is 5.92. The van der Waals surface area contributed by atoms with Crippen molar-refractivity contribution >= 4 is 16.3 Å². The average Bonchev–Trinajstić information content (AvgIpc) is 2.25. The van der Waals surface area contributed by atoms with Crippen molar-refractivity contribution in [2.24, 2.45) is 0 Å². The minimum absolute atomic E-state index is 0.101. The van der Waals surface area contributed by atoms with Crippen LogP contribution in [0.1, 0.15) is 20.3 Å². The molecule has 0 radical (unpaired) electrons. The maximum atomic E-state index is 11.1. The molecule has 0 aromatic heterocycles. The Kier molecular flexibility index (Phi) is 8.91. The van der Waals surface area contributed by atoms with Crippen LogP contribution in [-0.4, -0.2) is 63.7 Å². The van der Waals surface area contributed by atoms with Crippen LogP contribution in [-0.2, 0) is 19.4 Å². The number of quaternary nitrogens is 1. The van der Waals surface area contributed by atoms with Crippen LogP contribution in [0.15, 0.2) is 12.7 Å². The Labute approximate surface area is 122 Å². The van der Waals surface area contributed by atoms with Gasteiger partial charge in [-0.2, -0.15) is 0 Å². The van der Waals surface area contributed by atoms with E-state index in [9.17, 15) is 17.8 Å². The predicted octanol–water partition coefficient (Wildman–Crippen LogP) is 0.257. The smallest absolute Gasteiger partial charge is 0.243 e. The third kappa shape index (κ3) is 17.0. The van der Waals surface area contributed by atoms with E-state index in [4.69, 9.17) is 0 Å². The molecule has 120 valence electrons. The van der Waals surface area contributed by atoms with Gasteiger partial charge in [0.2, 0.25) is 16.3 Å². The first kappa shape index (κ1) is 21.3. The van der Waals surface area contributed by atoms with Gasteiger partial charge in [-0.15, -0.1) is 0 Å². The Hall–Kier alpha value is -0.960. The van der Waals surface area contributed by atoms with Crippen molar-refractivity contribution < 1.29 is 26.4 Å². The standard InChI is InChI=1S/C11H22N2O.CH4O4S/c1-7-10(14)12-11(2,3)8-9-13(4,5)6;1-5-6(2,3)4/h7H,1,8-9H2,2-6H3;1H3,(H,2,3,4). The fourth-order valence-electron chi connectivity index (χ4n) is 1.06. The number of nitrogens with one attached hydrogen (secondary N) is 1. The van der Waals surface area contributed by atoms with Crippen LogP contribution >= 0.6 is 0 Å². The molecule has 0 rings (SSSR count). The molecular weight excluding hydrogens is 284 g/mol. The first-order valence-electron chi connectivity index (χ1n) is 5.99. The van der Waals surface area contributed by atoms with Gasteiger partial charge in [0, 0.05) is 12.0 Å². The summed E-state index contributed by atoms with van der Waals surface area (Å²) in [4.78, 5) is 11.1. The summed E-state index contributed by atoms with van der Waals surface area (Å²) < 4.78 is 31.9. The molecule has 0 aliphatic rings. The van der Waals surface area contributed by atoms with Crippen molar-refractivity contribution in [1.82, 2.24) is 5.32 Å². The molecule has 7 nitrogen and oxygen atoms in total. The van der Waals surface area contributed by atoms with E-state index in [1.165, 1.54) is 6.08 Å². The molecule has 0 spiro atoms. The van der Waals surface area contributed by atoms with Crippen LogP contribution in [0.5, 0.6) is 0 Å². The maximum Gasteiger partial charge on any atom is 0.243 e. The third-order valence-corrected chi connectivity index (χ3v) is 2.67. The number of hydrogen-bond donors (Lipinski definition) is 1. The lowest BCUT2D eigenvalue weighted by molar-refractivity contribution is -0.870. The van der Waals surface area contributed by atoms with Gasteiger partial charge in [0.15, 0.2) is 0 Å². The van der Waals surface area contributed by atoms with E-state index in [2.05, 4.69) is 37.2 Å². The summed E-state index contributed by atoms with van der Waals surface area (Å²) >= 11 is 0. The molecule has 0 unspecified atom stereocenters. The summed E-state index contributed by atoms with van der Waals surface area (Å²) in [6.07, 6.45) is 2.27. The third-order valence-electron chi connectivity index (χ3n) is 2.26. The molecule has 8 heteroatoms. The van der Waals surface area contributed by atoms with Gasteiger partial charge >= 0.3 is 0 Å². The zero-order valence-corrected chi connectivity index (χ0v) is 13.9. The Morgan fingerprint density at radius 1 is 1.40 bits per heavy atom. The van der Waals surface area contributed by atoms with Crippen LogP contribution < -0.4 is 5.32 Å². The zero-order valence-electron chi connectivity index (χ0n) is 13.1. The van der Waals surface area contributed by atoms with Crippen molar-refractivity contribution in [2.45, 2.75) is 25.8 Å². The summed E-state index contributed by atoms with van der Waals surface area (Å²) in [6, 6.07) is 0. The molecular formula is C12H26N2O5S. The summed E-state index contributed by atoms with van der Waals surface area (Å²) in [5.41, 5.74) is -0.156. The molecule has 20 heavy (non-hydrogen) atoms. The van der Waals surface area contributed by atoms with Crippen molar-refractivity contribution in [3.05, 3.63) is 12.7 Å². The Morgan fingerprint density at radius 3 is 2.05 bits per heavy atom. The second kappa shape index (κ2) is 8.35. The van der Waals surface area contributed by atoms with E-state index in [0.717, 1.165) is 24.6 Å². The highest BCUT2D eigenvalue weighted by atomic mass is 32.3. The van der Waals surface area contributed by atoms with Crippen molar-refractivity contribution in [1.29, 1.82) is 0 Å². The summed E-state index contributed by atoms with van der Waals surface area (Å²) in [6.45, 7) is 8.53. The van der Waals surface area contributed by atoms with E-state index >= 15 is 0 Å². The fraction of sp³-hybridized carbons (Fsp3) is 0.750. The number of nitrogens with zero attached hydrogens (tertiary/aromatic N) is 1. The van der Waals surface area contributed by atoms with Gasteiger partial charge in [-0.05, 0) is 19.9 Å². The summed E-state index contributed by atoms with van der Waals surface area (Å²) in [5, 5.41) is 2.91. The highest BCUT2D eigenvalue weighted by Crippen LogP contribution is 2.10. The largest absolute Gasteiger partial charge is 0.726 e. The molecule has 0 saturated heterocycles. The molecule has 0 aliphatic heterocycles. The highest BCUT2D eigenvalue weighted by molar-refractivity contribution is 7.80. The second-order valence-corrected chi connectivity index (χ2v) is 7.07. The first-order chi connectivity index (χ1) is 8.72. The van der Waals surface area contributed by atoms with E-state index in [0.29, 0.717) is 0 Å². The van der Waals surface area contributed by atoms with Gasteiger partial charge in [0.1, 0.15) is 0 Å². The topological polar surface area (TPSA) is 95.5 Å². The van der Waals surface area contributed by atoms with Crippen LogP contribution in [0.2, 0.25) is 0 Å². The molecule has 0 saturated carbocycles. The number of hydrogen-bond acceptors (Lipinski definition) is 5. The predicted molar refractivity (Wildman–Crippen MR) is 76.6 cm³/mol. The van der Waals surface area contributed by atoms with Gasteiger partial charge in [-0.1, -0.05) is 6.58 Å². The summed E-state index contributed by atoms with van der Waals surface area (Å²) in [5.74, 6) is -0.101. The average molecular weight is 310 g/mol. The Bertz CT molecular complexity index is 410. The van der Waals surface area contributed by atoms with Crippen molar-refractivity contribution in [2.75, 3.05) is 34.8 Å². The van der Waals surface area contributed by atoms with Gasteiger partial charge in [-0.3, -0.25) is 8.98 Å². The highest BCUT2D eigenvalue weighted by Gasteiger charge is 2.22. The quantitative estimate of drug-likeness (QED) is 0.328. The first-order valence-corrected chi connectivity index (χ1v) is 7.32. The number of amides is 1. The number of carbonyl (C=O) groups is 1. The maximum absolute atomic E-state index is 11.1. The van der Waals surface area contributed by atoms with Crippen molar-refractivity contribution in [3.63, 3.8) is 0 Å². The van der Waals surface area contributed by atoms with Gasteiger partial charge in [-0.25, -0.2) is 8.42 Å². The van der Waals surface area contributed by atoms with Gasteiger partial charge < -0.3 is 14.4 Å². The van der Waals surface area contributed by atoms with Crippen LogP contribution in [0.3, 0.4) is 0 Å². The monoisotopic (exact) mass is 310 g/mol. The molecule has 0 atom stereocenters. The van der Waals surface area contributed by atoms with E-state index in [1.54, 1.807) is 0 Å². The SMILES string of the molecule is C=CC(=O)NC(C)(C)CC[N+](C)(C)C.COS(=O)(=O)[O-]. The van der Waals surface area contributed by atoms with Gasteiger partial charge in [0.05, 0.1) is 34.8 Å². The van der Waals surface area contributed by atoms with Gasteiger partial charge in [0.25, 0.3) is 0 Å². The molecule has 0 aliphatic carbocycles. The van der Waals surface area contributed by atoms with Crippen LogP contribution in [0.4, 0.5) is 0 Å². The molecule has 1 amide bonds. The zero-order chi connectivity index (χ0) is 16.6. The molecule has 0 aromatic rings. The Balaban J connectivity index is 0. The number of carbonyl (C=O) groups excluding carboxylic acids is 1.